The number of carbonyl (C=O) groups is 1. The van der Waals surface area contributed by atoms with E-state index in [1.54, 1.807) is 14.2 Å². The zero-order valence-corrected chi connectivity index (χ0v) is 18.5. The van der Waals surface area contributed by atoms with E-state index in [1.165, 1.54) is 5.56 Å². The van der Waals surface area contributed by atoms with Crippen molar-refractivity contribution in [2.24, 2.45) is 0 Å². The second-order valence-electron chi connectivity index (χ2n) is 8.71. The van der Waals surface area contributed by atoms with Gasteiger partial charge in [-0.2, -0.15) is 0 Å². The minimum atomic E-state index is -0.214. The van der Waals surface area contributed by atoms with Gasteiger partial charge in [0.1, 0.15) is 5.76 Å². The molecule has 0 spiro atoms. The van der Waals surface area contributed by atoms with Gasteiger partial charge in [-0.3, -0.25) is 0 Å². The van der Waals surface area contributed by atoms with Crippen LogP contribution in [0.15, 0.2) is 30.0 Å². The third kappa shape index (κ3) is 3.76. The predicted octanol–water partition coefficient (Wildman–Crippen LogP) is 2.71. The third-order valence-electron chi connectivity index (χ3n) is 7.11. The summed E-state index contributed by atoms with van der Waals surface area (Å²) in [5.74, 6) is 2.30. The lowest BCUT2D eigenvalue weighted by Gasteiger charge is -2.41. The van der Waals surface area contributed by atoms with Crippen LogP contribution in [0, 0.1) is 0 Å². The van der Waals surface area contributed by atoms with Crippen LogP contribution >= 0.6 is 0 Å². The Balaban J connectivity index is 1.53. The van der Waals surface area contributed by atoms with Crippen LogP contribution in [0.1, 0.15) is 24.8 Å². The van der Waals surface area contributed by atoms with Gasteiger partial charge in [0.25, 0.3) is 0 Å². The number of carbonyl (C=O) groups excluding carboxylic acids is 1. The summed E-state index contributed by atoms with van der Waals surface area (Å²) in [7, 11) is 7.58. The summed E-state index contributed by atoms with van der Waals surface area (Å²) >= 11 is 0. The van der Waals surface area contributed by atoms with E-state index < -0.39 is 0 Å². The molecular weight excluding hydrogens is 382 g/mol. The molecule has 164 valence electrons. The fraction of sp³-hybridized carbons (Fsp3) is 0.609. The molecular formula is C23H33N3O4. The van der Waals surface area contributed by atoms with Gasteiger partial charge in [-0.1, -0.05) is 6.07 Å². The van der Waals surface area contributed by atoms with Crippen molar-refractivity contribution in [1.29, 1.82) is 0 Å². The van der Waals surface area contributed by atoms with Gasteiger partial charge in [0.15, 0.2) is 11.5 Å². The molecule has 0 saturated carbocycles. The number of likely N-dealkylation sites (tertiary alicyclic amines) is 1. The first kappa shape index (κ1) is 21.0. The van der Waals surface area contributed by atoms with Crippen molar-refractivity contribution < 1.29 is 19.0 Å². The average Bonchev–Trinajstić information content (AvgIpc) is 3.11. The number of piperazine rings is 1. The maximum absolute atomic E-state index is 12.7. The normalized spacial score (nSPS) is 27.4. The molecule has 2 heterocycles. The third-order valence-corrected chi connectivity index (χ3v) is 7.11. The molecule has 4 rings (SSSR count). The summed E-state index contributed by atoms with van der Waals surface area (Å²) in [5, 5.41) is 0. The number of benzene rings is 1. The van der Waals surface area contributed by atoms with Crippen LogP contribution in [0.4, 0.5) is 4.79 Å². The predicted molar refractivity (Wildman–Crippen MR) is 115 cm³/mol. The van der Waals surface area contributed by atoms with E-state index in [0.29, 0.717) is 0 Å². The number of ether oxygens (including phenoxy) is 3. The molecule has 30 heavy (non-hydrogen) atoms. The molecule has 1 aromatic carbocycles. The standard InChI is InChI=1S/C23H33N3O4/c1-24-11-13-26(14-12-24)22(27)30-18-7-8-23(9-10-25(2)21(23)16-18)17-5-6-19(28-3)20(15-17)29-4/h5-7,15,21H,8-14,16H2,1-4H3/t21-,23-/m0/s1. The van der Waals surface area contributed by atoms with Crippen LogP contribution < -0.4 is 9.47 Å². The lowest BCUT2D eigenvalue weighted by Crippen LogP contribution is -2.48. The molecule has 2 saturated heterocycles. The van der Waals surface area contributed by atoms with Crippen molar-refractivity contribution in [3.63, 3.8) is 0 Å². The number of allylic oxidation sites excluding steroid dienone is 1. The van der Waals surface area contributed by atoms with Crippen molar-refractivity contribution in [2.45, 2.75) is 30.7 Å². The number of methoxy groups -OCH3 is 2. The Bertz CT molecular complexity index is 819. The minimum absolute atomic E-state index is 0.00194. The smallest absolute Gasteiger partial charge is 0.414 e. The van der Waals surface area contributed by atoms with Gasteiger partial charge in [-0.15, -0.1) is 0 Å². The Hall–Kier alpha value is -2.25. The number of hydrogen-bond donors (Lipinski definition) is 0. The molecule has 2 fully saturated rings. The monoisotopic (exact) mass is 415 g/mol. The van der Waals surface area contributed by atoms with Crippen molar-refractivity contribution in [3.8, 4) is 11.5 Å². The highest BCUT2D eigenvalue weighted by Gasteiger charge is 2.49. The van der Waals surface area contributed by atoms with E-state index in [-0.39, 0.29) is 17.6 Å². The van der Waals surface area contributed by atoms with Crippen LogP contribution in [0.2, 0.25) is 0 Å². The number of likely N-dealkylation sites (N-methyl/N-ethyl adjacent to an activating group) is 2. The van der Waals surface area contributed by atoms with Crippen LogP contribution in [0.25, 0.3) is 0 Å². The van der Waals surface area contributed by atoms with Crippen molar-refractivity contribution in [1.82, 2.24) is 14.7 Å². The summed E-state index contributed by atoms with van der Waals surface area (Å²) < 4.78 is 16.8. The van der Waals surface area contributed by atoms with Crippen molar-refractivity contribution in [3.05, 3.63) is 35.6 Å². The van der Waals surface area contributed by atoms with Gasteiger partial charge in [0, 0.05) is 44.1 Å². The topological polar surface area (TPSA) is 54.5 Å². The largest absolute Gasteiger partial charge is 0.493 e. The minimum Gasteiger partial charge on any atom is -0.493 e. The van der Waals surface area contributed by atoms with Crippen LogP contribution in [-0.4, -0.2) is 87.9 Å². The molecule has 7 nitrogen and oxygen atoms in total. The van der Waals surface area contributed by atoms with Crippen molar-refractivity contribution in [2.75, 3.05) is 61.0 Å². The van der Waals surface area contributed by atoms with Gasteiger partial charge in [0.05, 0.1) is 14.2 Å². The van der Waals surface area contributed by atoms with E-state index in [2.05, 4.69) is 42.1 Å². The first-order chi connectivity index (χ1) is 14.5. The molecule has 1 aromatic rings. The molecule has 0 N–H and O–H groups in total. The zero-order valence-electron chi connectivity index (χ0n) is 18.5. The van der Waals surface area contributed by atoms with Crippen molar-refractivity contribution >= 4 is 6.09 Å². The summed E-state index contributed by atoms with van der Waals surface area (Å²) in [6.45, 7) is 4.25. The molecule has 0 bridgehead atoms. The van der Waals surface area contributed by atoms with Gasteiger partial charge < -0.3 is 28.9 Å². The number of fused-ring (bicyclic) bond motifs is 1. The van der Waals surface area contributed by atoms with E-state index in [0.717, 1.165) is 69.2 Å². The van der Waals surface area contributed by atoms with Gasteiger partial charge in [-0.25, -0.2) is 4.79 Å². The Morgan fingerprint density at radius 3 is 2.47 bits per heavy atom. The Labute approximate surface area is 179 Å². The second kappa shape index (κ2) is 8.47. The molecule has 0 unspecified atom stereocenters. The van der Waals surface area contributed by atoms with Crippen LogP contribution in [0.5, 0.6) is 11.5 Å². The number of amides is 1. The molecule has 7 heteroatoms. The highest BCUT2D eigenvalue weighted by molar-refractivity contribution is 5.69. The number of nitrogens with zero attached hydrogens (tertiary/aromatic N) is 3. The molecule has 2 aliphatic heterocycles. The highest BCUT2D eigenvalue weighted by atomic mass is 16.6. The molecule has 3 aliphatic rings. The fourth-order valence-electron chi connectivity index (χ4n) is 5.13. The Kier molecular flexibility index (Phi) is 5.93. The number of rotatable bonds is 4. The molecule has 0 radical (unpaired) electrons. The van der Waals surface area contributed by atoms with Crippen LogP contribution in [0.3, 0.4) is 0 Å². The molecule has 0 aromatic heterocycles. The Morgan fingerprint density at radius 1 is 1.03 bits per heavy atom. The van der Waals surface area contributed by atoms with E-state index >= 15 is 0 Å². The lowest BCUT2D eigenvalue weighted by molar-refractivity contribution is 0.0923. The second-order valence-corrected chi connectivity index (χ2v) is 8.71. The maximum Gasteiger partial charge on any atom is 0.414 e. The summed E-state index contributed by atoms with van der Waals surface area (Å²) in [6.07, 6.45) is 4.57. The molecule has 1 amide bonds. The average molecular weight is 416 g/mol. The zero-order chi connectivity index (χ0) is 21.3. The van der Waals surface area contributed by atoms with Gasteiger partial charge in [0.2, 0.25) is 0 Å². The summed E-state index contributed by atoms with van der Waals surface area (Å²) in [6, 6.07) is 6.55. The van der Waals surface area contributed by atoms with Crippen LogP contribution in [-0.2, 0) is 10.2 Å². The summed E-state index contributed by atoms with van der Waals surface area (Å²) in [5.41, 5.74) is 1.26. The quantitative estimate of drug-likeness (QED) is 0.754. The molecule has 1 aliphatic carbocycles. The first-order valence-corrected chi connectivity index (χ1v) is 10.7. The maximum atomic E-state index is 12.7. The van der Waals surface area contributed by atoms with E-state index in [1.807, 2.05) is 11.0 Å². The first-order valence-electron chi connectivity index (χ1n) is 10.7. The Morgan fingerprint density at radius 2 is 1.77 bits per heavy atom. The summed E-state index contributed by atoms with van der Waals surface area (Å²) in [4.78, 5) is 19.1. The molecule has 2 atom stereocenters. The van der Waals surface area contributed by atoms with E-state index in [9.17, 15) is 4.79 Å². The number of hydrogen-bond acceptors (Lipinski definition) is 6. The van der Waals surface area contributed by atoms with Gasteiger partial charge >= 0.3 is 6.09 Å². The van der Waals surface area contributed by atoms with Gasteiger partial charge in [-0.05, 0) is 57.3 Å². The SMILES string of the molecule is COc1ccc([C@@]23CC=C(OC(=O)N4CCN(C)CC4)C[C@@H]2N(C)CC3)cc1OC. The van der Waals surface area contributed by atoms with E-state index in [4.69, 9.17) is 14.2 Å². The fourth-order valence-corrected chi connectivity index (χ4v) is 5.13. The lowest BCUT2D eigenvalue weighted by atomic mass is 9.68. The highest BCUT2D eigenvalue weighted by Crippen LogP contribution is 2.49.